The molecule has 1 aromatic carbocycles. The average molecular weight is 325 g/mol. The Morgan fingerprint density at radius 3 is 2.81 bits per heavy atom. The lowest BCUT2D eigenvalue weighted by molar-refractivity contribution is -0.127. The Kier molecular flexibility index (Phi) is 4.96. The molecule has 0 fully saturated rings. The van der Waals surface area contributed by atoms with E-state index in [4.69, 9.17) is 11.6 Å². The number of carbonyl (C=O) groups excluding carboxylic acids is 2. The molecule has 1 aromatic rings. The number of benzene rings is 1. The molecule has 0 radical (unpaired) electrons. The molecule has 0 spiro atoms. The van der Waals surface area contributed by atoms with Gasteiger partial charge in [0.05, 0.1) is 10.6 Å². The number of anilines is 1. The lowest BCUT2D eigenvalue weighted by Crippen LogP contribution is -2.36. The van der Waals surface area contributed by atoms with Crippen LogP contribution < -0.4 is 5.32 Å². The van der Waals surface area contributed by atoms with Crippen molar-refractivity contribution >= 4 is 40.9 Å². The number of nitrogens with zero attached hydrogens (tertiary/aromatic N) is 1. The van der Waals surface area contributed by atoms with E-state index in [1.54, 1.807) is 17.0 Å². The van der Waals surface area contributed by atoms with Crippen molar-refractivity contribution in [2.75, 3.05) is 11.9 Å². The van der Waals surface area contributed by atoms with Crippen LogP contribution in [0.3, 0.4) is 0 Å². The van der Waals surface area contributed by atoms with E-state index in [0.29, 0.717) is 22.2 Å². The van der Waals surface area contributed by atoms with Crippen LogP contribution in [0, 0.1) is 0 Å². The highest BCUT2D eigenvalue weighted by molar-refractivity contribution is 8.04. The van der Waals surface area contributed by atoms with Crippen molar-refractivity contribution in [1.29, 1.82) is 0 Å². The monoisotopic (exact) mass is 324 g/mol. The van der Waals surface area contributed by atoms with Gasteiger partial charge in [-0.05, 0) is 39.0 Å². The van der Waals surface area contributed by atoms with Crippen LogP contribution in [-0.4, -0.2) is 29.3 Å². The molecule has 0 bridgehead atoms. The fourth-order valence-electron chi connectivity index (χ4n) is 2.10. The van der Waals surface area contributed by atoms with Crippen LogP contribution in [-0.2, 0) is 9.59 Å². The fraction of sp³-hybridized carbons (Fsp3) is 0.333. The van der Waals surface area contributed by atoms with Crippen molar-refractivity contribution in [2.24, 2.45) is 0 Å². The van der Waals surface area contributed by atoms with Crippen LogP contribution in [0.25, 0.3) is 0 Å². The Bertz CT molecular complexity index is 614. The number of rotatable bonds is 3. The maximum atomic E-state index is 12.2. The Labute approximate surface area is 133 Å². The third-order valence-electron chi connectivity index (χ3n) is 3.14. The Hall–Kier alpha value is -1.46. The highest BCUT2D eigenvalue weighted by Gasteiger charge is 2.23. The second kappa shape index (κ2) is 6.54. The van der Waals surface area contributed by atoms with E-state index in [1.807, 2.05) is 26.8 Å². The number of nitrogens with one attached hydrogen (secondary N) is 1. The molecule has 1 N–H and O–H groups in total. The Morgan fingerprint density at radius 1 is 1.48 bits per heavy atom. The van der Waals surface area contributed by atoms with E-state index in [1.165, 1.54) is 17.8 Å². The van der Waals surface area contributed by atoms with Gasteiger partial charge in [-0.25, -0.2) is 0 Å². The maximum Gasteiger partial charge on any atom is 0.262 e. The van der Waals surface area contributed by atoms with Gasteiger partial charge < -0.3 is 10.2 Å². The summed E-state index contributed by atoms with van der Waals surface area (Å²) < 4.78 is 0. The van der Waals surface area contributed by atoms with E-state index >= 15 is 0 Å². The van der Waals surface area contributed by atoms with E-state index < -0.39 is 0 Å². The third kappa shape index (κ3) is 3.60. The van der Waals surface area contributed by atoms with Crippen LogP contribution in [0.4, 0.5) is 5.69 Å². The normalized spacial score (nSPS) is 15.9. The summed E-state index contributed by atoms with van der Waals surface area (Å²) in [6, 6.07) is 5.39. The highest BCUT2D eigenvalue weighted by atomic mass is 35.5. The van der Waals surface area contributed by atoms with Crippen LogP contribution in [0.2, 0.25) is 5.02 Å². The minimum absolute atomic E-state index is 0.0992. The molecule has 0 saturated heterocycles. The minimum atomic E-state index is -0.275. The van der Waals surface area contributed by atoms with Gasteiger partial charge >= 0.3 is 0 Å². The summed E-state index contributed by atoms with van der Waals surface area (Å²) in [6.45, 7) is 6.43. The molecule has 1 aliphatic rings. The van der Waals surface area contributed by atoms with Crippen LogP contribution >= 0.6 is 23.4 Å². The van der Waals surface area contributed by atoms with Gasteiger partial charge in [0.1, 0.15) is 0 Å². The standard InChI is InChI=1S/C15H17ClN2O2S/c1-4-18(9(2)3)14(19)8-13-15(20)17-11-7-10(16)5-6-12(11)21-13/h5-9H,4H2,1-3H3,(H,17,20)/b13-8+. The number of halogens is 1. The maximum absolute atomic E-state index is 12.2. The van der Waals surface area contributed by atoms with Crippen molar-refractivity contribution in [3.8, 4) is 0 Å². The van der Waals surface area contributed by atoms with Gasteiger partial charge in [0, 0.05) is 28.6 Å². The zero-order valence-electron chi connectivity index (χ0n) is 12.1. The average Bonchev–Trinajstić information content (AvgIpc) is 2.40. The highest BCUT2D eigenvalue weighted by Crippen LogP contribution is 2.39. The van der Waals surface area contributed by atoms with Gasteiger partial charge in [0.25, 0.3) is 5.91 Å². The molecule has 21 heavy (non-hydrogen) atoms. The van der Waals surface area contributed by atoms with Crippen LogP contribution in [0.1, 0.15) is 20.8 Å². The van der Waals surface area contributed by atoms with Gasteiger partial charge in [0.2, 0.25) is 5.91 Å². The molecule has 2 amide bonds. The first-order chi connectivity index (χ1) is 9.92. The number of thioether (sulfide) groups is 1. The second-order valence-corrected chi connectivity index (χ2v) is 6.44. The van der Waals surface area contributed by atoms with Gasteiger partial charge in [0.15, 0.2) is 0 Å². The molecule has 1 aliphatic heterocycles. The number of fused-ring (bicyclic) bond motifs is 1. The molecule has 1 heterocycles. The van der Waals surface area contributed by atoms with Crippen molar-refractivity contribution in [3.05, 3.63) is 34.2 Å². The summed E-state index contributed by atoms with van der Waals surface area (Å²) >= 11 is 7.19. The molecular weight excluding hydrogens is 308 g/mol. The summed E-state index contributed by atoms with van der Waals surface area (Å²) in [4.78, 5) is 27.3. The Balaban J connectivity index is 2.25. The molecule has 0 atom stereocenters. The first-order valence-corrected chi connectivity index (χ1v) is 7.93. The largest absolute Gasteiger partial charge is 0.337 e. The van der Waals surface area contributed by atoms with E-state index in [9.17, 15) is 9.59 Å². The zero-order chi connectivity index (χ0) is 15.6. The molecule has 0 unspecified atom stereocenters. The van der Waals surface area contributed by atoms with Gasteiger partial charge in [-0.2, -0.15) is 0 Å². The van der Waals surface area contributed by atoms with Gasteiger partial charge in [-0.15, -0.1) is 0 Å². The van der Waals surface area contributed by atoms with E-state index in [-0.39, 0.29) is 17.9 Å². The number of likely N-dealkylation sites (N-methyl/N-ethyl adjacent to an activating group) is 1. The van der Waals surface area contributed by atoms with Crippen LogP contribution in [0.5, 0.6) is 0 Å². The molecular formula is C15H17ClN2O2S. The van der Waals surface area contributed by atoms with Crippen molar-refractivity contribution in [1.82, 2.24) is 4.90 Å². The zero-order valence-corrected chi connectivity index (χ0v) is 13.7. The summed E-state index contributed by atoms with van der Waals surface area (Å²) in [5, 5.41) is 3.32. The smallest absolute Gasteiger partial charge is 0.262 e. The molecule has 6 heteroatoms. The van der Waals surface area contributed by atoms with Crippen molar-refractivity contribution < 1.29 is 9.59 Å². The number of hydrogen-bond donors (Lipinski definition) is 1. The Morgan fingerprint density at radius 2 is 2.19 bits per heavy atom. The predicted octanol–water partition coefficient (Wildman–Crippen LogP) is 3.53. The first-order valence-electron chi connectivity index (χ1n) is 6.73. The van der Waals surface area contributed by atoms with E-state index in [2.05, 4.69) is 5.32 Å². The number of amides is 2. The molecule has 112 valence electrons. The third-order valence-corrected chi connectivity index (χ3v) is 4.47. The summed E-state index contributed by atoms with van der Waals surface area (Å²) in [7, 11) is 0. The minimum Gasteiger partial charge on any atom is -0.337 e. The van der Waals surface area contributed by atoms with Crippen molar-refractivity contribution in [2.45, 2.75) is 31.7 Å². The lowest BCUT2D eigenvalue weighted by atomic mass is 10.3. The van der Waals surface area contributed by atoms with Gasteiger partial charge in [-0.3, -0.25) is 9.59 Å². The number of hydrogen-bond acceptors (Lipinski definition) is 3. The molecule has 0 aromatic heterocycles. The predicted molar refractivity (Wildman–Crippen MR) is 86.5 cm³/mol. The number of carbonyl (C=O) groups is 2. The quantitative estimate of drug-likeness (QED) is 0.865. The summed E-state index contributed by atoms with van der Waals surface area (Å²) in [6.07, 6.45) is 1.40. The summed E-state index contributed by atoms with van der Waals surface area (Å²) in [5.74, 6) is -0.425. The SMILES string of the molecule is CCN(C(=O)/C=C1/Sc2ccc(Cl)cc2NC1=O)C(C)C. The van der Waals surface area contributed by atoms with E-state index in [0.717, 1.165) is 4.90 Å². The van der Waals surface area contributed by atoms with Crippen molar-refractivity contribution in [3.63, 3.8) is 0 Å². The lowest BCUT2D eigenvalue weighted by Gasteiger charge is -2.24. The molecule has 4 nitrogen and oxygen atoms in total. The second-order valence-electron chi connectivity index (χ2n) is 4.92. The molecule has 2 rings (SSSR count). The molecule has 0 aliphatic carbocycles. The van der Waals surface area contributed by atoms with Crippen LogP contribution in [0.15, 0.2) is 34.1 Å². The van der Waals surface area contributed by atoms with Gasteiger partial charge in [-0.1, -0.05) is 23.4 Å². The topological polar surface area (TPSA) is 49.4 Å². The fourth-order valence-corrected chi connectivity index (χ4v) is 3.17. The first kappa shape index (κ1) is 15.9. The molecule has 0 saturated carbocycles. The summed E-state index contributed by atoms with van der Waals surface area (Å²) in [5.41, 5.74) is 0.679.